The maximum absolute atomic E-state index is 13.7. The Balaban J connectivity index is 1.38. The van der Waals surface area contributed by atoms with Gasteiger partial charge < -0.3 is 34.4 Å². The van der Waals surface area contributed by atoms with Crippen LogP contribution in [0.2, 0.25) is 5.02 Å². The topological polar surface area (TPSA) is 147 Å². The van der Waals surface area contributed by atoms with Gasteiger partial charge in [0.1, 0.15) is 11.9 Å². The second kappa shape index (κ2) is 12.8. The Bertz CT molecular complexity index is 1650. The summed E-state index contributed by atoms with van der Waals surface area (Å²) < 4.78 is 45.5. The molecule has 0 bridgehead atoms. The summed E-state index contributed by atoms with van der Waals surface area (Å²) >= 11 is 5.90. The highest BCUT2D eigenvalue weighted by Crippen LogP contribution is 2.35. The Kier molecular flexibility index (Phi) is 9.09. The van der Waals surface area contributed by atoms with Crippen LogP contribution in [0.5, 0.6) is 17.2 Å². The first kappa shape index (κ1) is 31.2. The number of likely N-dealkylation sites (N-methyl/N-ethyl adjacent to an activating group) is 1. The number of amides is 3. The van der Waals surface area contributed by atoms with Crippen LogP contribution in [0.25, 0.3) is 0 Å². The molecule has 234 valence electrons. The highest BCUT2D eigenvalue weighted by Gasteiger charge is 2.34. The molecule has 0 fully saturated rings. The van der Waals surface area contributed by atoms with E-state index >= 15 is 0 Å². The van der Waals surface area contributed by atoms with Crippen molar-refractivity contribution >= 4 is 44.9 Å². The molecular weight excluding hydrogens is 612 g/mol. The van der Waals surface area contributed by atoms with Crippen LogP contribution in [0.3, 0.4) is 0 Å². The molecule has 14 heteroatoms. The predicted octanol–water partition coefficient (Wildman–Crippen LogP) is 4.25. The largest absolute Gasteiger partial charge is 0.487 e. The smallest absolute Gasteiger partial charge is 0.321 e. The zero-order chi connectivity index (χ0) is 31.6. The van der Waals surface area contributed by atoms with Gasteiger partial charge in [0, 0.05) is 42.0 Å². The number of aliphatic hydroxyl groups is 1. The number of sulfonamides is 1. The second-order valence-corrected chi connectivity index (χ2v) is 12.9. The average Bonchev–Trinajstić information content (AvgIpc) is 3.47. The number of urea groups is 1. The number of hydrogen-bond acceptors (Lipinski definition) is 8. The van der Waals surface area contributed by atoms with Gasteiger partial charge in [0.15, 0.2) is 11.5 Å². The molecule has 2 aliphatic rings. The molecule has 44 heavy (non-hydrogen) atoms. The van der Waals surface area contributed by atoms with Crippen LogP contribution in [-0.2, 0) is 10.0 Å². The number of rotatable bonds is 8. The van der Waals surface area contributed by atoms with E-state index in [1.54, 1.807) is 32.2 Å². The highest BCUT2D eigenvalue weighted by atomic mass is 35.5. The minimum absolute atomic E-state index is 0.00250. The van der Waals surface area contributed by atoms with Gasteiger partial charge in [-0.3, -0.25) is 9.52 Å². The van der Waals surface area contributed by atoms with E-state index in [-0.39, 0.29) is 60.3 Å². The molecule has 12 nitrogen and oxygen atoms in total. The molecule has 3 atom stereocenters. The Hall–Kier alpha value is -4.20. The number of nitrogens with zero attached hydrogens (tertiary/aromatic N) is 2. The van der Waals surface area contributed by atoms with E-state index in [1.165, 1.54) is 52.3 Å². The van der Waals surface area contributed by atoms with E-state index in [0.29, 0.717) is 22.2 Å². The lowest BCUT2D eigenvalue weighted by Crippen LogP contribution is -2.50. The molecule has 0 unspecified atom stereocenters. The van der Waals surface area contributed by atoms with Gasteiger partial charge in [0.2, 0.25) is 6.79 Å². The number of nitrogens with one attached hydrogen (secondary N) is 2. The van der Waals surface area contributed by atoms with Crippen LogP contribution in [0.4, 0.5) is 16.2 Å². The molecule has 0 radical (unpaired) electrons. The summed E-state index contributed by atoms with van der Waals surface area (Å²) in [6.07, 6.45) is -0.556. The molecule has 2 heterocycles. The van der Waals surface area contributed by atoms with E-state index in [9.17, 15) is 23.1 Å². The molecule has 2 aliphatic heterocycles. The summed E-state index contributed by atoms with van der Waals surface area (Å²) in [7, 11) is -2.35. The summed E-state index contributed by atoms with van der Waals surface area (Å²) in [5, 5.41) is 13.2. The molecule has 3 amide bonds. The van der Waals surface area contributed by atoms with Crippen molar-refractivity contribution < 1.29 is 37.3 Å². The van der Waals surface area contributed by atoms with Crippen LogP contribution in [0, 0.1) is 5.92 Å². The monoisotopic (exact) mass is 644 g/mol. The van der Waals surface area contributed by atoms with E-state index in [0.717, 1.165) is 0 Å². The van der Waals surface area contributed by atoms with Gasteiger partial charge in [0.05, 0.1) is 29.7 Å². The number of anilines is 2. The standard InChI is InChI=1S/C30H33ClN4O8S/c1-18-14-35(19(2)16-36)29(37)24-12-22(33-44(39,40)23-8-4-20(31)5-9-23)7-10-25(24)43-28(18)15-34(3)30(38)32-21-6-11-26-27(13-21)42-17-41-26/h4-13,18-19,28,33,36H,14-17H2,1-3H3,(H,32,38)/t18-,19+,28+/m1/s1. The van der Waals surface area contributed by atoms with Crippen molar-refractivity contribution in [3.63, 3.8) is 0 Å². The molecular formula is C30H33ClN4O8S. The molecule has 0 spiro atoms. The molecule has 0 saturated heterocycles. The third kappa shape index (κ3) is 6.79. The molecule has 5 rings (SSSR count). The number of fused-ring (bicyclic) bond motifs is 2. The quantitative estimate of drug-likeness (QED) is 0.330. The second-order valence-electron chi connectivity index (χ2n) is 10.8. The Morgan fingerprint density at radius 3 is 2.48 bits per heavy atom. The van der Waals surface area contributed by atoms with Crippen molar-refractivity contribution in [2.24, 2.45) is 5.92 Å². The van der Waals surface area contributed by atoms with Gasteiger partial charge >= 0.3 is 6.03 Å². The highest BCUT2D eigenvalue weighted by molar-refractivity contribution is 7.92. The van der Waals surface area contributed by atoms with Gasteiger partial charge in [-0.25, -0.2) is 13.2 Å². The van der Waals surface area contributed by atoms with E-state index in [2.05, 4.69) is 10.0 Å². The van der Waals surface area contributed by atoms with Crippen molar-refractivity contribution in [2.75, 3.05) is 43.6 Å². The fourth-order valence-corrected chi connectivity index (χ4v) is 6.05. The number of carbonyl (C=O) groups is 2. The molecule has 3 N–H and O–H groups in total. The molecule has 0 aromatic heterocycles. The zero-order valence-corrected chi connectivity index (χ0v) is 25.9. The van der Waals surface area contributed by atoms with Gasteiger partial charge in [-0.1, -0.05) is 18.5 Å². The lowest BCUT2D eigenvalue weighted by atomic mass is 9.99. The van der Waals surface area contributed by atoms with Crippen molar-refractivity contribution in [1.29, 1.82) is 0 Å². The summed E-state index contributed by atoms with van der Waals surface area (Å²) in [5.74, 6) is 0.694. The van der Waals surface area contributed by atoms with Crippen molar-refractivity contribution in [1.82, 2.24) is 9.80 Å². The fourth-order valence-electron chi connectivity index (χ4n) is 4.88. The average molecular weight is 645 g/mol. The first-order valence-corrected chi connectivity index (χ1v) is 15.7. The van der Waals surface area contributed by atoms with Crippen molar-refractivity contribution in [2.45, 2.75) is 30.9 Å². The summed E-state index contributed by atoms with van der Waals surface area (Å²) in [4.78, 5) is 29.8. The van der Waals surface area contributed by atoms with Crippen molar-refractivity contribution in [3.8, 4) is 17.2 Å². The first-order chi connectivity index (χ1) is 20.9. The normalized spacial score (nSPS) is 18.4. The van der Waals surface area contributed by atoms with Crippen LogP contribution in [0.15, 0.2) is 65.6 Å². The summed E-state index contributed by atoms with van der Waals surface area (Å²) in [6.45, 7) is 3.85. The minimum Gasteiger partial charge on any atom is -0.487 e. The first-order valence-electron chi connectivity index (χ1n) is 13.9. The summed E-state index contributed by atoms with van der Waals surface area (Å²) in [5.41, 5.74) is 0.800. The van der Waals surface area contributed by atoms with Crippen LogP contribution in [0.1, 0.15) is 24.2 Å². The van der Waals surface area contributed by atoms with Crippen molar-refractivity contribution in [3.05, 3.63) is 71.2 Å². The zero-order valence-electron chi connectivity index (χ0n) is 24.3. The number of carbonyl (C=O) groups excluding carboxylic acids is 2. The Labute approximate surface area is 260 Å². The van der Waals surface area contributed by atoms with Crippen LogP contribution < -0.4 is 24.2 Å². The fraction of sp³-hybridized carbons (Fsp3) is 0.333. The summed E-state index contributed by atoms with van der Waals surface area (Å²) in [6, 6.07) is 14.3. The van der Waals surface area contributed by atoms with Crippen LogP contribution >= 0.6 is 11.6 Å². The molecule has 0 aliphatic carbocycles. The SMILES string of the molecule is C[C@@H]1CN([C@@H](C)CO)C(=O)c2cc(NS(=O)(=O)c3ccc(Cl)cc3)ccc2O[C@H]1CN(C)C(=O)Nc1ccc2c(c1)OCO2. The third-order valence-electron chi connectivity index (χ3n) is 7.47. The third-order valence-corrected chi connectivity index (χ3v) is 9.11. The van der Waals surface area contributed by atoms with Gasteiger partial charge in [-0.15, -0.1) is 0 Å². The minimum atomic E-state index is -3.98. The number of ether oxygens (including phenoxy) is 3. The lowest BCUT2D eigenvalue weighted by Gasteiger charge is -2.38. The number of benzene rings is 3. The van der Waals surface area contributed by atoms with E-state index in [4.69, 9.17) is 25.8 Å². The lowest BCUT2D eigenvalue weighted by molar-refractivity contribution is 0.0371. The van der Waals surface area contributed by atoms with Gasteiger partial charge in [0.25, 0.3) is 15.9 Å². The van der Waals surface area contributed by atoms with Gasteiger partial charge in [-0.2, -0.15) is 0 Å². The maximum atomic E-state index is 13.7. The number of aliphatic hydroxyl groups excluding tert-OH is 1. The van der Waals surface area contributed by atoms with Gasteiger partial charge in [-0.05, 0) is 61.5 Å². The predicted molar refractivity (Wildman–Crippen MR) is 164 cm³/mol. The maximum Gasteiger partial charge on any atom is 0.321 e. The Morgan fingerprint density at radius 2 is 1.75 bits per heavy atom. The van der Waals surface area contributed by atoms with Crippen LogP contribution in [-0.4, -0.2) is 80.9 Å². The molecule has 3 aromatic carbocycles. The molecule has 3 aromatic rings. The number of hydrogen-bond donors (Lipinski definition) is 3. The molecule has 0 saturated carbocycles. The Morgan fingerprint density at radius 1 is 1.07 bits per heavy atom. The van der Waals surface area contributed by atoms with E-state index in [1.807, 2.05) is 6.92 Å². The van der Waals surface area contributed by atoms with E-state index < -0.39 is 28.1 Å². The number of halogens is 1.